The number of hydrogen-bond donors (Lipinski definition) is 2. The Kier molecular flexibility index (Phi) is 4.09. The van der Waals surface area contributed by atoms with E-state index in [1.807, 2.05) is 6.92 Å². The summed E-state index contributed by atoms with van der Waals surface area (Å²) in [6, 6.07) is 4.76. The van der Waals surface area contributed by atoms with Crippen LogP contribution in [-0.4, -0.2) is 19.0 Å². The summed E-state index contributed by atoms with van der Waals surface area (Å²) in [6.45, 7) is 4.29. The van der Waals surface area contributed by atoms with Crippen molar-refractivity contribution in [2.45, 2.75) is 13.8 Å². The first-order valence-corrected chi connectivity index (χ1v) is 4.90. The van der Waals surface area contributed by atoms with Gasteiger partial charge in [-0.15, -0.1) is 0 Å². The van der Waals surface area contributed by atoms with Crippen molar-refractivity contribution < 1.29 is 9.18 Å². The van der Waals surface area contributed by atoms with Gasteiger partial charge in [0.15, 0.2) is 0 Å². The van der Waals surface area contributed by atoms with E-state index in [0.717, 1.165) is 0 Å². The second kappa shape index (κ2) is 5.34. The third-order valence-electron chi connectivity index (χ3n) is 2.08. The summed E-state index contributed by atoms with van der Waals surface area (Å²) in [5.74, 6) is -0.364. The molecule has 0 saturated carbocycles. The molecule has 1 rings (SSSR count). The first-order valence-electron chi connectivity index (χ1n) is 4.90. The van der Waals surface area contributed by atoms with Gasteiger partial charge in [0.1, 0.15) is 5.82 Å². The van der Waals surface area contributed by atoms with Crippen LogP contribution in [0.5, 0.6) is 0 Å². The molecular weight excluding hydrogens is 195 g/mol. The Morgan fingerprint density at radius 3 is 2.87 bits per heavy atom. The van der Waals surface area contributed by atoms with Crippen LogP contribution in [-0.2, 0) is 4.79 Å². The lowest BCUT2D eigenvalue weighted by atomic mass is 10.2. The largest absolute Gasteiger partial charge is 0.376 e. The van der Waals surface area contributed by atoms with Crippen molar-refractivity contribution in [1.29, 1.82) is 0 Å². The molecule has 82 valence electrons. The van der Waals surface area contributed by atoms with Crippen molar-refractivity contribution >= 4 is 11.6 Å². The standard InChI is InChI=1S/C11H15FN2O/c1-3-13-11(15)7-14-10-6-4-5-9(12)8(10)2/h4-6,14H,3,7H2,1-2H3,(H,13,15). The van der Waals surface area contributed by atoms with Crippen LogP contribution in [0.1, 0.15) is 12.5 Å². The molecule has 0 aromatic heterocycles. The van der Waals surface area contributed by atoms with Crippen molar-refractivity contribution in [2.24, 2.45) is 0 Å². The van der Waals surface area contributed by atoms with Gasteiger partial charge in [-0.25, -0.2) is 4.39 Å². The van der Waals surface area contributed by atoms with Crippen molar-refractivity contribution in [3.63, 3.8) is 0 Å². The molecule has 0 aliphatic heterocycles. The number of halogens is 1. The van der Waals surface area contributed by atoms with Crippen LogP contribution in [0.15, 0.2) is 18.2 Å². The molecule has 0 unspecified atom stereocenters. The summed E-state index contributed by atoms with van der Waals surface area (Å²) >= 11 is 0. The zero-order valence-corrected chi connectivity index (χ0v) is 8.93. The van der Waals surface area contributed by atoms with E-state index < -0.39 is 0 Å². The highest BCUT2D eigenvalue weighted by molar-refractivity contribution is 5.80. The van der Waals surface area contributed by atoms with Crippen LogP contribution in [0.3, 0.4) is 0 Å². The molecule has 0 aliphatic rings. The molecule has 0 atom stereocenters. The molecule has 2 N–H and O–H groups in total. The zero-order chi connectivity index (χ0) is 11.3. The summed E-state index contributed by atoms with van der Waals surface area (Å²) in [4.78, 5) is 11.1. The van der Waals surface area contributed by atoms with E-state index in [9.17, 15) is 9.18 Å². The van der Waals surface area contributed by atoms with Crippen molar-refractivity contribution in [1.82, 2.24) is 5.32 Å². The Bertz CT molecular complexity index is 352. The lowest BCUT2D eigenvalue weighted by Crippen LogP contribution is -2.29. The third kappa shape index (κ3) is 3.23. The normalized spacial score (nSPS) is 9.80. The highest BCUT2D eigenvalue weighted by atomic mass is 19.1. The molecule has 3 nitrogen and oxygen atoms in total. The number of nitrogens with one attached hydrogen (secondary N) is 2. The number of carbonyl (C=O) groups excluding carboxylic acids is 1. The molecule has 1 aromatic rings. The number of amides is 1. The van der Waals surface area contributed by atoms with Gasteiger partial charge in [0.25, 0.3) is 0 Å². The van der Waals surface area contributed by atoms with Crippen molar-refractivity contribution in [2.75, 3.05) is 18.4 Å². The van der Waals surface area contributed by atoms with Gasteiger partial charge in [-0.2, -0.15) is 0 Å². The molecule has 0 spiro atoms. The lowest BCUT2D eigenvalue weighted by Gasteiger charge is -2.09. The summed E-state index contributed by atoms with van der Waals surface area (Å²) < 4.78 is 13.1. The molecule has 4 heteroatoms. The van der Waals surface area contributed by atoms with Crippen LogP contribution in [0.4, 0.5) is 10.1 Å². The van der Waals surface area contributed by atoms with Crippen LogP contribution < -0.4 is 10.6 Å². The van der Waals surface area contributed by atoms with Gasteiger partial charge in [-0.1, -0.05) is 6.07 Å². The number of carbonyl (C=O) groups is 1. The van der Waals surface area contributed by atoms with Crippen LogP contribution in [0.2, 0.25) is 0 Å². The maximum absolute atomic E-state index is 13.1. The Labute approximate surface area is 88.7 Å². The number of anilines is 1. The molecule has 0 heterocycles. The molecular formula is C11H15FN2O. The van der Waals surface area contributed by atoms with Gasteiger partial charge in [0.05, 0.1) is 6.54 Å². The smallest absolute Gasteiger partial charge is 0.239 e. The minimum absolute atomic E-state index is 0.0961. The average molecular weight is 210 g/mol. The maximum atomic E-state index is 13.1. The van der Waals surface area contributed by atoms with Gasteiger partial charge >= 0.3 is 0 Å². The fourth-order valence-electron chi connectivity index (χ4n) is 1.23. The molecule has 0 aliphatic carbocycles. The van der Waals surface area contributed by atoms with E-state index in [1.54, 1.807) is 19.1 Å². The van der Waals surface area contributed by atoms with Gasteiger partial charge in [0, 0.05) is 17.8 Å². The third-order valence-corrected chi connectivity index (χ3v) is 2.08. The van der Waals surface area contributed by atoms with Crippen LogP contribution >= 0.6 is 0 Å². The molecule has 1 amide bonds. The second-order valence-electron chi connectivity index (χ2n) is 3.22. The monoisotopic (exact) mass is 210 g/mol. The van der Waals surface area contributed by atoms with Crippen LogP contribution in [0.25, 0.3) is 0 Å². The number of hydrogen-bond acceptors (Lipinski definition) is 2. The molecule has 15 heavy (non-hydrogen) atoms. The van der Waals surface area contributed by atoms with Gasteiger partial charge in [-0.05, 0) is 26.0 Å². The number of likely N-dealkylation sites (N-methyl/N-ethyl adjacent to an activating group) is 1. The van der Waals surface area contributed by atoms with E-state index in [1.165, 1.54) is 6.07 Å². The average Bonchev–Trinajstić information content (AvgIpc) is 2.21. The number of rotatable bonds is 4. The van der Waals surface area contributed by atoms with E-state index in [4.69, 9.17) is 0 Å². The minimum Gasteiger partial charge on any atom is -0.376 e. The quantitative estimate of drug-likeness (QED) is 0.794. The van der Waals surface area contributed by atoms with E-state index in [2.05, 4.69) is 10.6 Å². The van der Waals surface area contributed by atoms with Crippen molar-refractivity contribution in [3.05, 3.63) is 29.6 Å². The van der Waals surface area contributed by atoms with E-state index in [-0.39, 0.29) is 18.3 Å². The van der Waals surface area contributed by atoms with E-state index in [0.29, 0.717) is 17.8 Å². The lowest BCUT2D eigenvalue weighted by molar-refractivity contribution is -0.119. The molecule has 0 saturated heterocycles. The summed E-state index contributed by atoms with van der Waals surface area (Å²) in [5.41, 5.74) is 1.18. The highest BCUT2D eigenvalue weighted by Gasteiger charge is 2.04. The Morgan fingerprint density at radius 1 is 1.47 bits per heavy atom. The second-order valence-corrected chi connectivity index (χ2v) is 3.22. The van der Waals surface area contributed by atoms with Gasteiger partial charge < -0.3 is 10.6 Å². The fraction of sp³-hybridized carbons (Fsp3) is 0.364. The molecule has 0 radical (unpaired) electrons. The minimum atomic E-state index is -0.268. The molecule has 0 bridgehead atoms. The van der Waals surface area contributed by atoms with Crippen LogP contribution in [0, 0.1) is 12.7 Å². The predicted molar refractivity (Wildman–Crippen MR) is 58.3 cm³/mol. The summed E-state index contributed by atoms with van der Waals surface area (Å²) in [7, 11) is 0. The first-order chi connectivity index (χ1) is 7.15. The Hall–Kier alpha value is -1.58. The summed E-state index contributed by atoms with van der Waals surface area (Å²) in [6.07, 6.45) is 0. The maximum Gasteiger partial charge on any atom is 0.239 e. The van der Waals surface area contributed by atoms with Gasteiger partial charge in [0.2, 0.25) is 5.91 Å². The number of benzene rings is 1. The Morgan fingerprint density at radius 2 is 2.20 bits per heavy atom. The topological polar surface area (TPSA) is 41.1 Å². The first kappa shape index (κ1) is 11.5. The zero-order valence-electron chi connectivity index (χ0n) is 8.93. The predicted octanol–water partition coefficient (Wildman–Crippen LogP) is 1.68. The molecule has 1 aromatic carbocycles. The summed E-state index contributed by atoms with van der Waals surface area (Å²) in [5, 5.41) is 5.54. The highest BCUT2D eigenvalue weighted by Crippen LogP contribution is 2.16. The van der Waals surface area contributed by atoms with Crippen molar-refractivity contribution in [3.8, 4) is 0 Å². The van der Waals surface area contributed by atoms with Gasteiger partial charge in [-0.3, -0.25) is 4.79 Å². The fourth-order valence-corrected chi connectivity index (χ4v) is 1.23. The molecule has 0 fully saturated rings. The Balaban J connectivity index is 2.58. The van der Waals surface area contributed by atoms with E-state index >= 15 is 0 Å². The SMILES string of the molecule is CCNC(=O)CNc1cccc(F)c1C.